The number of amides is 2. The van der Waals surface area contributed by atoms with Gasteiger partial charge in [-0.3, -0.25) is 9.59 Å². The Hall–Kier alpha value is -3.02. The number of carbonyl (C=O) groups is 2. The van der Waals surface area contributed by atoms with Gasteiger partial charge in [-0.05, 0) is 30.3 Å². The van der Waals surface area contributed by atoms with E-state index < -0.39 is 0 Å². The largest absolute Gasteiger partial charge is 0.497 e. The van der Waals surface area contributed by atoms with E-state index >= 15 is 0 Å². The zero-order chi connectivity index (χ0) is 18.5. The molecule has 3 rings (SSSR count). The number of para-hydroxylation sites is 1. The van der Waals surface area contributed by atoms with Crippen LogP contribution in [0.25, 0.3) is 0 Å². The molecule has 0 aromatic heterocycles. The number of hydrogen-bond donors (Lipinski definition) is 0. The molecular weight excluding hydrogens is 332 g/mol. The molecule has 0 spiro atoms. The second-order valence-corrected chi connectivity index (χ2v) is 6.02. The van der Waals surface area contributed by atoms with Crippen molar-refractivity contribution in [2.45, 2.75) is 0 Å². The standard InChI is InChI=1S/C20H22N2O4/c1-25-16-7-5-6-15(14-16)19(23)21-10-12-22(13-11-21)20(24)17-8-3-4-9-18(17)26-2/h3-9,14H,10-13H2,1-2H3. The first kappa shape index (κ1) is 17.8. The Morgan fingerprint density at radius 2 is 1.46 bits per heavy atom. The average molecular weight is 354 g/mol. The molecule has 1 saturated heterocycles. The van der Waals surface area contributed by atoms with Crippen molar-refractivity contribution >= 4 is 11.8 Å². The van der Waals surface area contributed by atoms with E-state index in [1.54, 1.807) is 60.4 Å². The topological polar surface area (TPSA) is 59.1 Å². The molecule has 2 aromatic carbocycles. The highest BCUT2D eigenvalue weighted by atomic mass is 16.5. The predicted molar refractivity (Wildman–Crippen MR) is 97.8 cm³/mol. The summed E-state index contributed by atoms with van der Waals surface area (Å²) < 4.78 is 10.4. The molecule has 0 aliphatic carbocycles. The van der Waals surface area contributed by atoms with Crippen molar-refractivity contribution in [3.63, 3.8) is 0 Å². The smallest absolute Gasteiger partial charge is 0.257 e. The quantitative estimate of drug-likeness (QED) is 0.845. The molecule has 1 fully saturated rings. The zero-order valence-electron chi connectivity index (χ0n) is 15.0. The molecule has 0 bridgehead atoms. The molecule has 6 nitrogen and oxygen atoms in total. The summed E-state index contributed by atoms with van der Waals surface area (Å²) >= 11 is 0. The second kappa shape index (κ2) is 7.91. The SMILES string of the molecule is COc1cccc(C(=O)N2CCN(C(=O)c3ccccc3OC)CC2)c1. The van der Waals surface area contributed by atoms with Crippen molar-refractivity contribution < 1.29 is 19.1 Å². The summed E-state index contributed by atoms with van der Waals surface area (Å²) in [5.74, 6) is 1.09. The molecule has 1 aliphatic rings. The summed E-state index contributed by atoms with van der Waals surface area (Å²) in [6.07, 6.45) is 0. The van der Waals surface area contributed by atoms with Crippen LogP contribution in [0.2, 0.25) is 0 Å². The molecule has 0 radical (unpaired) electrons. The van der Waals surface area contributed by atoms with Gasteiger partial charge in [-0.25, -0.2) is 0 Å². The van der Waals surface area contributed by atoms with Gasteiger partial charge in [0.05, 0.1) is 19.8 Å². The Kier molecular flexibility index (Phi) is 5.41. The summed E-state index contributed by atoms with van der Waals surface area (Å²) in [6, 6.07) is 14.3. The fraction of sp³-hybridized carbons (Fsp3) is 0.300. The van der Waals surface area contributed by atoms with Crippen LogP contribution in [-0.4, -0.2) is 62.0 Å². The first-order valence-electron chi connectivity index (χ1n) is 8.49. The van der Waals surface area contributed by atoms with Gasteiger partial charge < -0.3 is 19.3 Å². The van der Waals surface area contributed by atoms with Crippen LogP contribution in [0.1, 0.15) is 20.7 Å². The molecular formula is C20H22N2O4. The summed E-state index contributed by atoms with van der Waals surface area (Å²) in [7, 11) is 3.13. The van der Waals surface area contributed by atoms with Crippen LogP contribution < -0.4 is 9.47 Å². The average Bonchev–Trinajstić information content (AvgIpc) is 2.72. The summed E-state index contributed by atoms with van der Waals surface area (Å²) in [5.41, 5.74) is 1.14. The number of hydrogen-bond acceptors (Lipinski definition) is 4. The minimum absolute atomic E-state index is 0.0479. The lowest BCUT2D eigenvalue weighted by Crippen LogP contribution is -2.50. The van der Waals surface area contributed by atoms with Crippen LogP contribution in [0.15, 0.2) is 48.5 Å². The Balaban J connectivity index is 1.65. The number of carbonyl (C=O) groups excluding carboxylic acids is 2. The Morgan fingerprint density at radius 3 is 2.12 bits per heavy atom. The first-order valence-corrected chi connectivity index (χ1v) is 8.49. The molecule has 6 heteroatoms. The number of benzene rings is 2. The molecule has 1 heterocycles. The minimum atomic E-state index is -0.0732. The van der Waals surface area contributed by atoms with Crippen LogP contribution in [0.4, 0.5) is 0 Å². The third kappa shape index (κ3) is 3.64. The predicted octanol–water partition coefficient (Wildman–Crippen LogP) is 2.30. The van der Waals surface area contributed by atoms with Crippen LogP contribution in [-0.2, 0) is 0 Å². The second-order valence-electron chi connectivity index (χ2n) is 6.02. The van der Waals surface area contributed by atoms with E-state index in [4.69, 9.17) is 9.47 Å². The van der Waals surface area contributed by atoms with Crippen LogP contribution in [0, 0.1) is 0 Å². The van der Waals surface area contributed by atoms with Gasteiger partial charge in [0, 0.05) is 31.7 Å². The number of rotatable bonds is 4. The third-order valence-electron chi connectivity index (χ3n) is 4.51. The molecule has 26 heavy (non-hydrogen) atoms. The molecule has 0 N–H and O–H groups in total. The Morgan fingerprint density at radius 1 is 0.808 bits per heavy atom. The maximum atomic E-state index is 12.7. The highest BCUT2D eigenvalue weighted by molar-refractivity contribution is 5.97. The van der Waals surface area contributed by atoms with Gasteiger partial charge in [0.25, 0.3) is 11.8 Å². The van der Waals surface area contributed by atoms with Crippen LogP contribution in [0.5, 0.6) is 11.5 Å². The van der Waals surface area contributed by atoms with Crippen molar-refractivity contribution in [2.24, 2.45) is 0 Å². The maximum absolute atomic E-state index is 12.7. The molecule has 136 valence electrons. The summed E-state index contributed by atoms with van der Waals surface area (Å²) in [4.78, 5) is 28.9. The van der Waals surface area contributed by atoms with Gasteiger partial charge in [-0.15, -0.1) is 0 Å². The number of nitrogens with zero attached hydrogens (tertiary/aromatic N) is 2. The molecule has 0 saturated carbocycles. The summed E-state index contributed by atoms with van der Waals surface area (Å²) in [5, 5.41) is 0. The van der Waals surface area contributed by atoms with E-state index in [1.165, 1.54) is 0 Å². The van der Waals surface area contributed by atoms with Gasteiger partial charge in [-0.1, -0.05) is 18.2 Å². The normalized spacial score (nSPS) is 14.1. The van der Waals surface area contributed by atoms with E-state index in [2.05, 4.69) is 0 Å². The Bertz CT molecular complexity index is 798. The highest BCUT2D eigenvalue weighted by Crippen LogP contribution is 2.21. The fourth-order valence-corrected chi connectivity index (χ4v) is 3.04. The summed E-state index contributed by atoms with van der Waals surface area (Å²) in [6.45, 7) is 1.98. The van der Waals surface area contributed by atoms with Crippen molar-refractivity contribution in [3.8, 4) is 11.5 Å². The van der Waals surface area contributed by atoms with Crippen molar-refractivity contribution in [1.29, 1.82) is 0 Å². The van der Waals surface area contributed by atoms with Crippen LogP contribution in [0.3, 0.4) is 0 Å². The number of ether oxygens (including phenoxy) is 2. The van der Waals surface area contributed by atoms with Crippen molar-refractivity contribution in [1.82, 2.24) is 9.80 Å². The zero-order valence-corrected chi connectivity index (χ0v) is 15.0. The fourth-order valence-electron chi connectivity index (χ4n) is 3.04. The van der Waals surface area contributed by atoms with Crippen molar-refractivity contribution in [3.05, 3.63) is 59.7 Å². The third-order valence-corrected chi connectivity index (χ3v) is 4.51. The number of piperazine rings is 1. The lowest BCUT2D eigenvalue weighted by Gasteiger charge is -2.35. The Labute approximate surface area is 152 Å². The van der Waals surface area contributed by atoms with Gasteiger partial charge >= 0.3 is 0 Å². The molecule has 1 aliphatic heterocycles. The highest BCUT2D eigenvalue weighted by Gasteiger charge is 2.26. The van der Waals surface area contributed by atoms with E-state index in [0.29, 0.717) is 48.8 Å². The molecule has 0 unspecified atom stereocenters. The molecule has 2 aromatic rings. The molecule has 0 atom stereocenters. The lowest BCUT2D eigenvalue weighted by molar-refractivity contribution is 0.0533. The van der Waals surface area contributed by atoms with Crippen molar-refractivity contribution in [2.75, 3.05) is 40.4 Å². The van der Waals surface area contributed by atoms with Gasteiger partial charge in [0.15, 0.2) is 0 Å². The maximum Gasteiger partial charge on any atom is 0.257 e. The minimum Gasteiger partial charge on any atom is -0.497 e. The van der Waals surface area contributed by atoms with E-state index in [-0.39, 0.29) is 11.8 Å². The van der Waals surface area contributed by atoms with Gasteiger partial charge in [0.2, 0.25) is 0 Å². The van der Waals surface area contributed by atoms with Crippen LogP contribution >= 0.6 is 0 Å². The monoisotopic (exact) mass is 354 g/mol. The first-order chi connectivity index (χ1) is 12.6. The lowest BCUT2D eigenvalue weighted by atomic mass is 10.1. The van der Waals surface area contributed by atoms with E-state index in [0.717, 1.165) is 0 Å². The van der Waals surface area contributed by atoms with Gasteiger partial charge in [0.1, 0.15) is 11.5 Å². The van der Waals surface area contributed by atoms with E-state index in [1.807, 2.05) is 12.1 Å². The van der Waals surface area contributed by atoms with E-state index in [9.17, 15) is 9.59 Å². The van der Waals surface area contributed by atoms with Gasteiger partial charge in [-0.2, -0.15) is 0 Å². The molecule has 2 amide bonds. The number of methoxy groups -OCH3 is 2.